The number of hydrogen-bond donors (Lipinski definition) is 2. The number of benzene rings is 4. The lowest BCUT2D eigenvalue weighted by molar-refractivity contribution is -0.140. The summed E-state index contributed by atoms with van der Waals surface area (Å²) in [6.07, 6.45) is -0.714. The lowest BCUT2D eigenvalue weighted by Crippen LogP contribution is -2.48. The number of hydrogen-bond acceptors (Lipinski definition) is 5. The fraction of sp³-hybridized carbons (Fsp3) is 0.0323. The van der Waals surface area contributed by atoms with Gasteiger partial charge in [0.15, 0.2) is 5.78 Å². The number of carbonyl (C=O) groups is 5. The molecule has 200 valence electrons. The highest BCUT2D eigenvalue weighted by Gasteiger charge is 2.28. The minimum absolute atomic E-state index is 0.211. The molecule has 4 aromatic carbocycles. The van der Waals surface area contributed by atoms with Gasteiger partial charge in [0.05, 0.1) is 6.42 Å². The summed E-state index contributed by atoms with van der Waals surface area (Å²) in [7, 11) is 0. The molecular formula is C31H24ClN2O5P. The number of rotatable bonds is 9. The Hall–Kier alpha value is -4.58. The number of ketones is 3. The highest BCUT2D eigenvalue weighted by molar-refractivity contribution is 7.95. The third-order valence-electron chi connectivity index (χ3n) is 6.06. The van der Waals surface area contributed by atoms with Crippen molar-refractivity contribution in [2.24, 2.45) is 0 Å². The number of nitrogens with one attached hydrogen (secondary N) is 2. The van der Waals surface area contributed by atoms with Gasteiger partial charge in [-0.25, -0.2) is 0 Å². The average Bonchev–Trinajstić information content (AvgIpc) is 3.00. The Morgan fingerprint density at radius 2 is 1.02 bits per heavy atom. The van der Waals surface area contributed by atoms with Gasteiger partial charge in [0.2, 0.25) is 11.6 Å². The summed E-state index contributed by atoms with van der Waals surface area (Å²) in [4.78, 5) is 63.0. The fourth-order valence-corrected chi connectivity index (χ4v) is 7.97. The summed E-state index contributed by atoms with van der Waals surface area (Å²) in [6, 6.07) is 34.1. The predicted molar refractivity (Wildman–Crippen MR) is 158 cm³/mol. The minimum atomic E-state index is -2.76. The number of Topliss-reactive ketones (excluding diaryl/α,β-unsaturated/α-hetero) is 3. The summed E-state index contributed by atoms with van der Waals surface area (Å²) in [5, 5.41) is 2.98. The molecule has 4 rings (SSSR count). The molecule has 0 heterocycles. The first-order chi connectivity index (χ1) is 19.3. The van der Waals surface area contributed by atoms with Crippen LogP contribution in [0, 0.1) is 0 Å². The molecule has 0 fully saturated rings. The molecule has 0 aliphatic rings. The zero-order valence-electron chi connectivity index (χ0n) is 21.1. The van der Waals surface area contributed by atoms with Crippen LogP contribution < -0.4 is 26.8 Å². The van der Waals surface area contributed by atoms with E-state index in [0.29, 0.717) is 5.02 Å². The maximum Gasteiger partial charge on any atom is 0.310 e. The molecule has 2 amide bonds. The van der Waals surface area contributed by atoms with Crippen molar-refractivity contribution in [1.29, 1.82) is 0 Å². The maximum absolute atomic E-state index is 13.3. The topological polar surface area (TPSA) is 109 Å². The van der Waals surface area contributed by atoms with Crippen LogP contribution >= 0.6 is 18.5 Å². The van der Waals surface area contributed by atoms with Gasteiger partial charge in [-0.2, -0.15) is 0 Å². The second-order valence-electron chi connectivity index (χ2n) is 8.66. The molecule has 7 nitrogen and oxygen atoms in total. The van der Waals surface area contributed by atoms with E-state index in [4.69, 9.17) is 11.6 Å². The molecule has 0 aliphatic heterocycles. The number of amides is 2. The SMILES string of the molecule is O=C(C=P(c1ccccc1)(c1ccccc1)c1ccccc1)C(=O)NNC(=O)C(=O)CC(=O)c1ccc(Cl)cc1. The molecular weight excluding hydrogens is 547 g/mol. The molecule has 0 unspecified atom stereocenters. The van der Waals surface area contributed by atoms with E-state index < -0.39 is 42.5 Å². The van der Waals surface area contributed by atoms with Gasteiger partial charge in [-0.1, -0.05) is 103 Å². The quantitative estimate of drug-likeness (QED) is 0.106. The van der Waals surface area contributed by atoms with Crippen molar-refractivity contribution in [2.45, 2.75) is 6.42 Å². The second kappa shape index (κ2) is 13.0. The Balaban J connectivity index is 1.57. The van der Waals surface area contributed by atoms with Gasteiger partial charge in [-0.15, -0.1) is 0 Å². The maximum atomic E-state index is 13.3. The lowest BCUT2D eigenvalue weighted by atomic mass is 10.1. The van der Waals surface area contributed by atoms with Crippen LogP contribution in [0.3, 0.4) is 0 Å². The number of halogens is 1. The molecule has 0 aliphatic carbocycles. The first kappa shape index (κ1) is 28.4. The van der Waals surface area contributed by atoms with Crippen molar-refractivity contribution >= 4 is 69.4 Å². The average molecular weight is 571 g/mol. The zero-order valence-corrected chi connectivity index (χ0v) is 22.8. The predicted octanol–water partition coefficient (Wildman–Crippen LogP) is 2.99. The molecule has 0 aromatic heterocycles. The largest absolute Gasteiger partial charge is 0.310 e. The Bertz CT molecular complexity index is 1500. The summed E-state index contributed by atoms with van der Waals surface area (Å²) < 4.78 is 0. The lowest BCUT2D eigenvalue weighted by Gasteiger charge is -2.28. The van der Waals surface area contributed by atoms with E-state index in [9.17, 15) is 24.0 Å². The van der Waals surface area contributed by atoms with Gasteiger partial charge in [0.25, 0.3) is 0 Å². The van der Waals surface area contributed by atoms with Crippen LogP contribution in [0.15, 0.2) is 115 Å². The van der Waals surface area contributed by atoms with Gasteiger partial charge in [-0.05, 0) is 47.1 Å². The van der Waals surface area contributed by atoms with Crippen molar-refractivity contribution in [2.75, 3.05) is 0 Å². The van der Waals surface area contributed by atoms with Crippen LogP contribution in [-0.2, 0) is 19.2 Å². The van der Waals surface area contributed by atoms with Gasteiger partial charge in [-0.3, -0.25) is 34.8 Å². The molecule has 2 N–H and O–H groups in total. The van der Waals surface area contributed by atoms with E-state index in [1.165, 1.54) is 30.1 Å². The molecule has 40 heavy (non-hydrogen) atoms. The van der Waals surface area contributed by atoms with Crippen LogP contribution in [-0.4, -0.2) is 35.0 Å². The summed E-state index contributed by atoms with van der Waals surface area (Å²) in [5.41, 5.74) is 4.16. The van der Waals surface area contributed by atoms with E-state index in [1.807, 2.05) is 102 Å². The first-order valence-corrected chi connectivity index (χ1v) is 14.4. The molecule has 0 saturated carbocycles. The minimum Gasteiger partial charge on any atom is -0.294 e. The van der Waals surface area contributed by atoms with E-state index >= 15 is 0 Å². The third-order valence-corrected chi connectivity index (χ3v) is 10.3. The molecule has 9 heteroatoms. The highest BCUT2D eigenvalue weighted by atomic mass is 35.5. The van der Waals surface area contributed by atoms with Crippen LogP contribution in [0.5, 0.6) is 0 Å². The third kappa shape index (κ3) is 6.52. The van der Waals surface area contributed by atoms with E-state index in [1.54, 1.807) is 0 Å². The second-order valence-corrected chi connectivity index (χ2v) is 12.4. The number of hydrazine groups is 1. The first-order valence-electron chi connectivity index (χ1n) is 12.2. The monoisotopic (exact) mass is 570 g/mol. The normalized spacial score (nSPS) is 10.7. The Kier molecular flexibility index (Phi) is 9.23. The highest BCUT2D eigenvalue weighted by Crippen LogP contribution is 2.43. The van der Waals surface area contributed by atoms with Crippen molar-refractivity contribution in [3.63, 3.8) is 0 Å². The molecule has 0 radical (unpaired) electrons. The van der Waals surface area contributed by atoms with Crippen molar-refractivity contribution < 1.29 is 24.0 Å². The van der Waals surface area contributed by atoms with Crippen LogP contribution in [0.1, 0.15) is 16.8 Å². The molecule has 0 saturated heterocycles. The van der Waals surface area contributed by atoms with Crippen LogP contribution in [0.2, 0.25) is 5.02 Å². The summed E-state index contributed by atoms with van der Waals surface area (Å²) >= 11 is 5.80. The Labute approximate surface area is 236 Å². The summed E-state index contributed by atoms with van der Waals surface area (Å²) in [6.45, 7) is -2.76. The zero-order chi connectivity index (χ0) is 28.5. The van der Waals surface area contributed by atoms with E-state index in [2.05, 4.69) is 0 Å². The van der Waals surface area contributed by atoms with Gasteiger partial charge >= 0.3 is 11.8 Å². The molecule has 0 spiro atoms. The van der Waals surface area contributed by atoms with Crippen molar-refractivity contribution in [1.82, 2.24) is 10.9 Å². The number of carbonyl (C=O) groups excluding carboxylic acids is 5. The van der Waals surface area contributed by atoms with Crippen molar-refractivity contribution in [3.05, 3.63) is 126 Å². The fourth-order valence-electron chi connectivity index (χ4n) is 4.10. The van der Waals surface area contributed by atoms with E-state index in [0.717, 1.165) is 15.9 Å². The van der Waals surface area contributed by atoms with Gasteiger partial charge in [0.1, 0.15) is 0 Å². The van der Waals surface area contributed by atoms with Crippen molar-refractivity contribution in [3.8, 4) is 0 Å². The summed E-state index contributed by atoms with van der Waals surface area (Å²) in [5.74, 6) is -3.50. The molecule has 0 atom stereocenters. The smallest absolute Gasteiger partial charge is 0.294 e. The molecule has 0 bridgehead atoms. The van der Waals surface area contributed by atoms with Gasteiger partial charge in [0, 0.05) is 16.4 Å². The molecule has 4 aromatic rings. The van der Waals surface area contributed by atoms with E-state index in [-0.39, 0.29) is 5.56 Å². The standard InChI is InChI=1S/C31H24ClN2O5P/c32-23-18-16-22(17-19-23)27(35)20-28(36)30(38)33-34-31(39)29(37)21-40(24-10-4-1-5-11-24,25-12-6-2-7-13-25)26-14-8-3-9-15-26/h1-19,21H,20H2,(H,33,38)(H,34,39). The Morgan fingerprint density at radius 1 is 0.600 bits per heavy atom. The van der Waals surface area contributed by atoms with Gasteiger partial charge < -0.3 is 0 Å². The van der Waals surface area contributed by atoms with Crippen LogP contribution in [0.25, 0.3) is 0 Å². The van der Waals surface area contributed by atoms with Crippen LogP contribution in [0.4, 0.5) is 0 Å². The Morgan fingerprint density at radius 3 is 1.48 bits per heavy atom.